The summed E-state index contributed by atoms with van der Waals surface area (Å²) < 4.78 is 35.3. The van der Waals surface area contributed by atoms with Crippen molar-refractivity contribution in [1.82, 2.24) is 0 Å². The molecule has 1 aliphatic carbocycles. The molecule has 0 radical (unpaired) electrons. The highest BCUT2D eigenvalue weighted by Gasteiger charge is 2.20. The van der Waals surface area contributed by atoms with E-state index in [1.807, 2.05) is 6.08 Å². The van der Waals surface area contributed by atoms with Gasteiger partial charge in [-0.2, -0.15) is 8.78 Å². The second-order valence-electron chi connectivity index (χ2n) is 6.29. The van der Waals surface area contributed by atoms with Crippen molar-refractivity contribution < 1.29 is 23.0 Å². The van der Waals surface area contributed by atoms with Crippen LogP contribution in [0.5, 0.6) is 11.5 Å². The summed E-state index contributed by atoms with van der Waals surface area (Å²) in [6, 6.07) is 11.6. The number of allylic oxidation sites excluding steroid dienone is 2. The molecule has 1 amide bonds. The lowest BCUT2D eigenvalue weighted by Crippen LogP contribution is -2.23. The van der Waals surface area contributed by atoms with Gasteiger partial charge in [0.2, 0.25) is 5.91 Å². The lowest BCUT2D eigenvalue weighted by atomic mass is 9.93. The summed E-state index contributed by atoms with van der Waals surface area (Å²) in [5.41, 5.74) is 1.70. The molecule has 0 saturated heterocycles. The van der Waals surface area contributed by atoms with E-state index in [-0.39, 0.29) is 17.6 Å². The lowest BCUT2D eigenvalue weighted by Gasteiger charge is -2.18. The number of nitrogens with one attached hydrogen (secondary N) is 1. The van der Waals surface area contributed by atoms with Crippen LogP contribution >= 0.6 is 0 Å². The summed E-state index contributed by atoms with van der Waals surface area (Å²) in [7, 11) is 1.55. The number of hydrogen-bond acceptors (Lipinski definition) is 3. The first-order valence-electron chi connectivity index (χ1n) is 8.76. The topological polar surface area (TPSA) is 47.6 Å². The van der Waals surface area contributed by atoms with E-state index < -0.39 is 6.61 Å². The van der Waals surface area contributed by atoms with Gasteiger partial charge in [0.05, 0.1) is 7.11 Å². The van der Waals surface area contributed by atoms with E-state index in [1.165, 1.54) is 6.07 Å². The summed E-state index contributed by atoms with van der Waals surface area (Å²) >= 11 is 0. The van der Waals surface area contributed by atoms with Crippen LogP contribution < -0.4 is 14.8 Å². The lowest BCUT2D eigenvalue weighted by molar-refractivity contribution is -0.120. The summed E-state index contributed by atoms with van der Waals surface area (Å²) in [5.74, 6) is 0.567. The van der Waals surface area contributed by atoms with Gasteiger partial charge in [0, 0.05) is 17.2 Å². The van der Waals surface area contributed by atoms with E-state index in [0.29, 0.717) is 29.0 Å². The van der Waals surface area contributed by atoms with Gasteiger partial charge in [-0.25, -0.2) is 0 Å². The van der Waals surface area contributed by atoms with Gasteiger partial charge in [-0.05, 0) is 55.2 Å². The Labute approximate surface area is 156 Å². The third kappa shape index (κ3) is 4.84. The minimum Gasteiger partial charge on any atom is -0.497 e. The summed E-state index contributed by atoms with van der Waals surface area (Å²) in [4.78, 5) is 12.4. The molecule has 0 unspecified atom stereocenters. The van der Waals surface area contributed by atoms with Crippen molar-refractivity contribution in [3.05, 3.63) is 54.6 Å². The fraction of sp³-hybridized carbons (Fsp3) is 0.286. The maximum Gasteiger partial charge on any atom is 0.387 e. The minimum absolute atomic E-state index is 0.0498. The summed E-state index contributed by atoms with van der Waals surface area (Å²) in [5, 5.41) is 2.88. The van der Waals surface area contributed by atoms with Crippen LogP contribution in [0.25, 0.3) is 11.1 Å². The number of rotatable bonds is 6. The quantitative estimate of drug-likeness (QED) is 0.703. The number of benzene rings is 2. The molecule has 2 aromatic rings. The highest BCUT2D eigenvalue weighted by molar-refractivity contribution is 5.93. The number of halogens is 2. The molecule has 6 heteroatoms. The number of amides is 1. The molecule has 142 valence electrons. The van der Waals surface area contributed by atoms with Gasteiger partial charge in [-0.3, -0.25) is 4.79 Å². The predicted molar refractivity (Wildman–Crippen MR) is 100 cm³/mol. The number of hydrogen-bond donors (Lipinski definition) is 1. The van der Waals surface area contributed by atoms with Crippen LogP contribution in [-0.2, 0) is 4.79 Å². The van der Waals surface area contributed by atoms with Crippen LogP contribution in [0.1, 0.15) is 19.3 Å². The van der Waals surface area contributed by atoms with Crippen LogP contribution in [0.2, 0.25) is 0 Å². The molecule has 0 spiro atoms. The molecule has 0 saturated carbocycles. The van der Waals surface area contributed by atoms with Crippen molar-refractivity contribution >= 4 is 11.6 Å². The molecule has 0 fully saturated rings. The van der Waals surface area contributed by atoms with Crippen molar-refractivity contribution in [2.24, 2.45) is 5.92 Å². The van der Waals surface area contributed by atoms with Crippen LogP contribution in [0.15, 0.2) is 54.6 Å². The Morgan fingerprint density at radius 1 is 1.15 bits per heavy atom. The van der Waals surface area contributed by atoms with Crippen LogP contribution in [0.4, 0.5) is 14.5 Å². The third-order valence-corrected chi connectivity index (χ3v) is 4.50. The zero-order valence-corrected chi connectivity index (χ0v) is 15.0. The average molecular weight is 373 g/mol. The van der Waals surface area contributed by atoms with Crippen LogP contribution in [-0.4, -0.2) is 19.6 Å². The van der Waals surface area contributed by atoms with Gasteiger partial charge in [0.25, 0.3) is 0 Å². The Kier molecular flexibility index (Phi) is 6.06. The Bertz CT molecular complexity index is 819. The number of methoxy groups -OCH3 is 1. The predicted octanol–water partition coefficient (Wildman–Crippen LogP) is 5.26. The van der Waals surface area contributed by atoms with E-state index in [1.54, 1.807) is 43.5 Å². The molecule has 0 aliphatic heterocycles. The molecule has 2 aromatic carbocycles. The molecule has 0 aromatic heterocycles. The molecule has 1 aliphatic rings. The van der Waals surface area contributed by atoms with Crippen LogP contribution in [0, 0.1) is 5.92 Å². The molecular formula is C21H21F2NO3. The molecule has 0 bridgehead atoms. The normalized spacial score (nSPS) is 16.2. The van der Waals surface area contributed by atoms with E-state index in [9.17, 15) is 13.6 Å². The largest absolute Gasteiger partial charge is 0.497 e. The van der Waals surface area contributed by atoms with Gasteiger partial charge < -0.3 is 14.8 Å². The third-order valence-electron chi connectivity index (χ3n) is 4.50. The summed E-state index contributed by atoms with van der Waals surface area (Å²) in [6.45, 7) is -2.93. The molecule has 3 rings (SSSR count). The molecule has 1 N–H and O–H groups in total. The fourth-order valence-corrected chi connectivity index (χ4v) is 3.08. The molecule has 1 atom stereocenters. The van der Waals surface area contributed by atoms with Gasteiger partial charge in [0.15, 0.2) is 0 Å². The van der Waals surface area contributed by atoms with Crippen LogP contribution in [0.3, 0.4) is 0 Å². The standard InChI is InChI=1S/C21H21F2NO3/c1-26-17-10-7-14(8-11-17)18-13-16(9-12-19(18)27-21(22)23)24-20(25)15-5-3-2-4-6-15/h2-3,7-13,15,21H,4-6H2,1H3,(H,24,25)/t15-/m1/s1. The number of carbonyl (C=O) groups excluding carboxylic acids is 1. The molecule has 27 heavy (non-hydrogen) atoms. The highest BCUT2D eigenvalue weighted by Crippen LogP contribution is 2.35. The highest BCUT2D eigenvalue weighted by atomic mass is 19.3. The molecule has 0 heterocycles. The van der Waals surface area contributed by atoms with Gasteiger partial charge in [0.1, 0.15) is 11.5 Å². The monoisotopic (exact) mass is 373 g/mol. The number of ether oxygens (including phenoxy) is 2. The average Bonchev–Trinajstić information content (AvgIpc) is 2.69. The van der Waals surface area contributed by atoms with Gasteiger partial charge in [-0.15, -0.1) is 0 Å². The first-order chi connectivity index (χ1) is 13.1. The molecular weight excluding hydrogens is 352 g/mol. The van der Waals surface area contributed by atoms with Crippen molar-refractivity contribution in [1.29, 1.82) is 0 Å². The second kappa shape index (κ2) is 8.66. The fourth-order valence-electron chi connectivity index (χ4n) is 3.08. The Morgan fingerprint density at radius 3 is 2.56 bits per heavy atom. The Hall–Kier alpha value is -2.89. The zero-order valence-electron chi connectivity index (χ0n) is 15.0. The van der Waals surface area contributed by atoms with E-state index >= 15 is 0 Å². The van der Waals surface area contributed by atoms with Crippen molar-refractivity contribution in [3.8, 4) is 22.6 Å². The van der Waals surface area contributed by atoms with Gasteiger partial charge >= 0.3 is 6.61 Å². The number of anilines is 1. The maximum atomic E-state index is 12.8. The molecule has 4 nitrogen and oxygen atoms in total. The number of alkyl halides is 2. The van der Waals surface area contributed by atoms with E-state index in [2.05, 4.69) is 16.1 Å². The zero-order chi connectivity index (χ0) is 19.2. The first-order valence-corrected chi connectivity index (χ1v) is 8.76. The van der Waals surface area contributed by atoms with Crippen molar-refractivity contribution in [3.63, 3.8) is 0 Å². The Balaban J connectivity index is 1.87. The van der Waals surface area contributed by atoms with E-state index in [4.69, 9.17) is 4.74 Å². The smallest absolute Gasteiger partial charge is 0.387 e. The minimum atomic E-state index is -2.93. The van der Waals surface area contributed by atoms with E-state index in [0.717, 1.165) is 12.8 Å². The van der Waals surface area contributed by atoms with Crippen molar-refractivity contribution in [2.45, 2.75) is 25.9 Å². The Morgan fingerprint density at radius 2 is 1.93 bits per heavy atom. The first kappa shape index (κ1) is 18.9. The van der Waals surface area contributed by atoms with Crippen molar-refractivity contribution in [2.75, 3.05) is 12.4 Å². The SMILES string of the molecule is COc1ccc(-c2cc(NC(=O)[C@@H]3CC=CCC3)ccc2OC(F)F)cc1. The summed E-state index contributed by atoms with van der Waals surface area (Å²) in [6.07, 6.45) is 6.48. The second-order valence-corrected chi connectivity index (χ2v) is 6.29. The maximum absolute atomic E-state index is 12.8. The number of carbonyl (C=O) groups is 1. The van der Waals surface area contributed by atoms with Gasteiger partial charge in [-0.1, -0.05) is 24.3 Å².